The van der Waals surface area contributed by atoms with E-state index in [9.17, 15) is 9.90 Å². The number of ether oxygens (including phenoxy) is 1. The maximum Gasteiger partial charge on any atom is 0.246 e. The molecule has 0 radical (unpaired) electrons. The SMILES string of the molecule is COc1ccc(Br)c([C@H](CO)N(C)C(=O)C=C(C)C)c1. The number of carbonyl (C=O) groups excluding carboxylic acids is 1. The number of amides is 1. The van der Waals surface area contributed by atoms with Crippen molar-refractivity contribution in [3.63, 3.8) is 0 Å². The molecule has 0 aliphatic rings. The van der Waals surface area contributed by atoms with Gasteiger partial charge in [0, 0.05) is 17.6 Å². The third-order valence-corrected chi connectivity index (χ3v) is 3.68. The van der Waals surface area contributed by atoms with E-state index >= 15 is 0 Å². The van der Waals surface area contributed by atoms with E-state index in [-0.39, 0.29) is 12.5 Å². The van der Waals surface area contributed by atoms with Crippen molar-refractivity contribution in [2.45, 2.75) is 19.9 Å². The van der Waals surface area contributed by atoms with Crippen molar-refractivity contribution in [3.05, 3.63) is 39.9 Å². The molecule has 4 nitrogen and oxygen atoms in total. The minimum Gasteiger partial charge on any atom is -0.497 e. The maximum atomic E-state index is 12.1. The minimum atomic E-state index is -0.428. The van der Waals surface area contributed by atoms with Gasteiger partial charge < -0.3 is 14.7 Å². The van der Waals surface area contributed by atoms with Crippen molar-refractivity contribution in [1.82, 2.24) is 4.90 Å². The van der Waals surface area contributed by atoms with Crippen LogP contribution in [-0.4, -0.2) is 36.7 Å². The van der Waals surface area contributed by atoms with E-state index in [1.165, 1.54) is 4.90 Å². The third kappa shape index (κ3) is 4.08. The molecule has 0 saturated heterocycles. The van der Waals surface area contributed by atoms with Crippen molar-refractivity contribution in [3.8, 4) is 5.75 Å². The molecule has 1 N–H and O–H groups in total. The zero-order valence-corrected chi connectivity index (χ0v) is 13.8. The van der Waals surface area contributed by atoms with Crippen LogP contribution in [-0.2, 0) is 4.79 Å². The van der Waals surface area contributed by atoms with Crippen LogP contribution in [0.2, 0.25) is 0 Å². The van der Waals surface area contributed by atoms with Gasteiger partial charge in [-0.2, -0.15) is 0 Å². The van der Waals surface area contributed by atoms with Crippen LogP contribution in [0.4, 0.5) is 0 Å². The van der Waals surface area contributed by atoms with Crippen LogP contribution in [0, 0.1) is 0 Å². The Morgan fingerprint density at radius 2 is 2.15 bits per heavy atom. The van der Waals surface area contributed by atoms with E-state index in [1.54, 1.807) is 20.2 Å². The van der Waals surface area contributed by atoms with Crippen LogP contribution in [0.1, 0.15) is 25.5 Å². The molecule has 0 aliphatic carbocycles. The van der Waals surface area contributed by atoms with E-state index in [4.69, 9.17) is 4.74 Å². The molecule has 5 heteroatoms. The highest BCUT2D eigenvalue weighted by Crippen LogP contribution is 2.30. The zero-order valence-electron chi connectivity index (χ0n) is 12.2. The Morgan fingerprint density at radius 1 is 1.50 bits per heavy atom. The molecule has 110 valence electrons. The highest BCUT2D eigenvalue weighted by atomic mass is 79.9. The predicted molar refractivity (Wildman–Crippen MR) is 82.7 cm³/mol. The third-order valence-electron chi connectivity index (χ3n) is 2.96. The molecule has 1 aromatic carbocycles. The van der Waals surface area contributed by atoms with Crippen molar-refractivity contribution in [2.24, 2.45) is 0 Å². The Hall–Kier alpha value is -1.33. The first-order valence-corrected chi connectivity index (χ1v) is 7.06. The van der Waals surface area contributed by atoms with E-state index in [0.717, 1.165) is 15.6 Å². The summed E-state index contributed by atoms with van der Waals surface area (Å²) in [6.45, 7) is 3.56. The summed E-state index contributed by atoms with van der Waals surface area (Å²) >= 11 is 3.45. The molecule has 1 rings (SSSR count). The largest absolute Gasteiger partial charge is 0.497 e. The van der Waals surface area contributed by atoms with E-state index in [1.807, 2.05) is 32.0 Å². The van der Waals surface area contributed by atoms with Crippen LogP contribution in [0.25, 0.3) is 0 Å². The zero-order chi connectivity index (χ0) is 15.3. The van der Waals surface area contributed by atoms with E-state index in [0.29, 0.717) is 5.75 Å². The van der Waals surface area contributed by atoms with Crippen molar-refractivity contribution in [1.29, 1.82) is 0 Å². The van der Waals surface area contributed by atoms with Crippen molar-refractivity contribution in [2.75, 3.05) is 20.8 Å². The first-order chi connectivity index (χ1) is 9.40. The monoisotopic (exact) mass is 341 g/mol. The van der Waals surface area contributed by atoms with Gasteiger partial charge in [-0.15, -0.1) is 0 Å². The Bertz CT molecular complexity index is 510. The number of allylic oxidation sites excluding steroid dienone is 1. The van der Waals surface area contributed by atoms with Crippen LogP contribution in [0.5, 0.6) is 5.75 Å². The highest BCUT2D eigenvalue weighted by molar-refractivity contribution is 9.10. The molecule has 0 spiro atoms. The second-order valence-corrected chi connectivity index (χ2v) is 5.61. The summed E-state index contributed by atoms with van der Waals surface area (Å²) in [5.74, 6) is 0.545. The lowest BCUT2D eigenvalue weighted by Gasteiger charge is -2.27. The van der Waals surface area contributed by atoms with Gasteiger partial charge in [-0.3, -0.25) is 4.79 Å². The molecule has 0 aromatic heterocycles. The molecule has 1 atom stereocenters. The number of carbonyl (C=O) groups is 1. The van der Waals surface area contributed by atoms with Gasteiger partial charge in [-0.05, 0) is 37.6 Å². The van der Waals surface area contributed by atoms with Crippen LogP contribution < -0.4 is 4.74 Å². The first kappa shape index (κ1) is 16.7. The standard InChI is InChI=1S/C15H20BrNO3/c1-10(2)7-15(19)17(3)14(9-18)12-8-11(20-4)5-6-13(12)16/h5-8,14,18H,9H2,1-4H3/t14-/m0/s1. The molecule has 1 amide bonds. The van der Waals surface area contributed by atoms with Gasteiger partial charge in [0.15, 0.2) is 0 Å². The minimum absolute atomic E-state index is 0.140. The molecule has 0 aliphatic heterocycles. The molecule has 0 unspecified atom stereocenters. The Morgan fingerprint density at radius 3 is 2.65 bits per heavy atom. The number of likely N-dealkylation sites (N-methyl/N-ethyl adjacent to an activating group) is 1. The Balaban J connectivity index is 3.12. The number of halogens is 1. The summed E-state index contributed by atoms with van der Waals surface area (Å²) in [6.07, 6.45) is 1.55. The van der Waals surface area contributed by atoms with Crippen molar-refractivity contribution >= 4 is 21.8 Å². The van der Waals surface area contributed by atoms with Gasteiger partial charge in [0.1, 0.15) is 5.75 Å². The Labute approximate surface area is 128 Å². The summed E-state index contributed by atoms with van der Waals surface area (Å²) in [5, 5.41) is 9.64. The summed E-state index contributed by atoms with van der Waals surface area (Å²) in [6, 6.07) is 5.05. The summed E-state index contributed by atoms with van der Waals surface area (Å²) < 4.78 is 6.02. The lowest BCUT2D eigenvalue weighted by atomic mass is 10.1. The summed E-state index contributed by atoms with van der Waals surface area (Å²) in [5.41, 5.74) is 1.73. The average molecular weight is 342 g/mol. The van der Waals surface area contributed by atoms with Gasteiger partial charge in [-0.25, -0.2) is 0 Å². The fourth-order valence-electron chi connectivity index (χ4n) is 1.84. The van der Waals surface area contributed by atoms with Crippen LogP contribution in [0.15, 0.2) is 34.3 Å². The van der Waals surface area contributed by atoms with Gasteiger partial charge in [0.05, 0.1) is 19.8 Å². The van der Waals surface area contributed by atoms with Crippen LogP contribution >= 0.6 is 15.9 Å². The van der Waals surface area contributed by atoms with E-state index < -0.39 is 6.04 Å². The number of nitrogens with zero attached hydrogens (tertiary/aromatic N) is 1. The van der Waals surface area contributed by atoms with Gasteiger partial charge in [-0.1, -0.05) is 21.5 Å². The predicted octanol–water partition coefficient (Wildman–Crippen LogP) is 2.92. The van der Waals surface area contributed by atoms with Crippen LogP contribution in [0.3, 0.4) is 0 Å². The number of aliphatic hydroxyl groups is 1. The molecule has 1 aromatic rings. The quantitative estimate of drug-likeness (QED) is 0.837. The number of rotatable bonds is 5. The smallest absolute Gasteiger partial charge is 0.246 e. The second-order valence-electron chi connectivity index (χ2n) is 4.76. The molecule has 0 bridgehead atoms. The number of hydrogen-bond donors (Lipinski definition) is 1. The van der Waals surface area contributed by atoms with Gasteiger partial charge in [0.2, 0.25) is 5.91 Å². The maximum absolute atomic E-state index is 12.1. The number of benzene rings is 1. The fourth-order valence-corrected chi connectivity index (χ4v) is 2.35. The van der Waals surface area contributed by atoms with Crippen molar-refractivity contribution < 1.29 is 14.6 Å². The molecule has 0 saturated carbocycles. The molecule has 20 heavy (non-hydrogen) atoms. The number of methoxy groups -OCH3 is 1. The number of hydrogen-bond acceptors (Lipinski definition) is 3. The molecular formula is C15H20BrNO3. The van der Waals surface area contributed by atoms with Gasteiger partial charge in [0.25, 0.3) is 0 Å². The molecular weight excluding hydrogens is 322 g/mol. The lowest BCUT2D eigenvalue weighted by Crippen LogP contribution is -2.32. The normalized spacial score (nSPS) is 11.7. The highest BCUT2D eigenvalue weighted by Gasteiger charge is 2.22. The Kier molecular flexibility index (Phi) is 6.23. The molecule has 0 heterocycles. The summed E-state index contributed by atoms with van der Waals surface area (Å²) in [7, 11) is 3.26. The molecule has 0 fully saturated rings. The topological polar surface area (TPSA) is 49.8 Å². The second kappa shape index (κ2) is 7.45. The first-order valence-electron chi connectivity index (χ1n) is 6.26. The van der Waals surface area contributed by atoms with Gasteiger partial charge >= 0.3 is 0 Å². The lowest BCUT2D eigenvalue weighted by molar-refractivity contribution is -0.127. The fraction of sp³-hybridized carbons (Fsp3) is 0.400. The number of aliphatic hydroxyl groups excluding tert-OH is 1. The summed E-state index contributed by atoms with van der Waals surface area (Å²) in [4.78, 5) is 13.6. The van der Waals surface area contributed by atoms with E-state index in [2.05, 4.69) is 15.9 Å². The average Bonchev–Trinajstić information content (AvgIpc) is 2.40.